The van der Waals surface area contributed by atoms with Crippen molar-refractivity contribution >= 4 is 5.97 Å². The van der Waals surface area contributed by atoms with Gasteiger partial charge in [-0.2, -0.15) is 0 Å². The zero-order chi connectivity index (χ0) is 12.3. The van der Waals surface area contributed by atoms with Crippen molar-refractivity contribution in [2.45, 2.75) is 38.8 Å². The molecule has 0 saturated carbocycles. The van der Waals surface area contributed by atoms with E-state index in [1.807, 2.05) is 20.8 Å². The zero-order valence-corrected chi connectivity index (χ0v) is 9.56. The van der Waals surface area contributed by atoms with Crippen molar-refractivity contribution in [3.63, 3.8) is 0 Å². The predicted molar refractivity (Wildman–Crippen MR) is 56.2 cm³/mol. The monoisotopic (exact) mass is 228 g/mol. The van der Waals surface area contributed by atoms with Gasteiger partial charge >= 0.3 is 5.97 Å². The fraction of sp³-hybridized carbons (Fsp3) is 0.600. The minimum Gasteiger partial charge on any atom is -0.480 e. The van der Waals surface area contributed by atoms with Crippen LogP contribution >= 0.6 is 0 Å². The van der Waals surface area contributed by atoms with Crippen LogP contribution in [0.25, 0.3) is 0 Å². The summed E-state index contributed by atoms with van der Waals surface area (Å²) in [6, 6.07) is 0.559. The quantitative estimate of drug-likeness (QED) is 0.791. The molecule has 0 aliphatic rings. The molecule has 0 spiro atoms. The number of nitrogens with zero attached hydrogens (tertiary/aromatic N) is 1. The highest BCUT2D eigenvalue weighted by atomic mass is 16.6. The Morgan fingerprint density at radius 1 is 1.69 bits per heavy atom. The maximum absolute atomic E-state index is 10.5. The highest BCUT2D eigenvalue weighted by molar-refractivity contribution is 5.73. The Morgan fingerprint density at radius 3 is 2.81 bits per heavy atom. The van der Waals surface area contributed by atoms with Crippen LogP contribution in [-0.2, 0) is 11.2 Å². The SMILES string of the molecule is CC(C)(C)Oc1cc(C[C@@H](N)C(=O)O)on1. The van der Waals surface area contributed by atoms with E-state index in [9.17, 15) is 4.79 Å². The Morgan fingerprint density at radius 2 is 2.31 bits per heavy atom. The number of carbonyl (C=O) groups is 1. The van der Waals surface area contributed by atoms with Crippen molar-refractivity contribution in [2.75, 3.05) is 0 Å². The normalized spacial score (nSPS) is 13.5. The number of aliphatic carboxylic acids is 1. The van der Waals surface area contributed by atoms with Crippen molar-refractivity contribution in [1.29, 1.82) is 0 Å². The van der Waals surface area contributed by atoms with E-state index in [0.29, 0.717) is 11.6 Å². The van der Waals surface area contributed by atoms with E-state index in [2.05, 4.69) is 5.16 Å². The summed E-state index contributed by atoms with van der Waals surface area (Å²) in [5.74, 6) is -0.344. The smallest absolute Gasteiger partial charge is 0.320 e. The zero-order valence-electron chi connectivity index (χ0n) is 9.56. The van der Waals surface area contributed by atoms with Gasteiger partial charge in [-0.1, -0.05) is 0 Å². The maximum Gasteiger partial charge on any atom is 0.320 e. The van der Waals surface area contributed by atoms with E-state index in [0.717, 1.165) is 0 Å². The molecule has 0 radical (unpaired) electrons. The molecule has 0 aliphatic heterocycles. The van der Waals surface area contributed by atoms with Crippen LogP contribution in [0.3, 0.4) is 0 Å². The highest BCUT2D eigenvalue weighted by Gasteiger charge is 2.18. The number of carboxylic acids is 1. The van der Waals surface area contributed by atoms with Crippen LogP contribution in [0.2, 0.25) is 0 Å². The molecular formula is C10H16N2O4. The third kappa shape index (κ3) is 3.90. The van der Waals surface area contributed by atoms with Crippen molar-refractivity contribution in [3.05, 3.63) is 11.8 Å². The summed E-state index contributed by atoms with van der Waals surface area (Å²) in [6.45, 7) is 5.64. The number of ether oxygens (including phenoxy) is 1. The molecule has 0 bridgehead atoms. The van der Waals surface area contributed by atoms with Gasteiger partial charge in [0.15, 0.2) is 0 Å². The average Bonchev–Trinajstić information content (AvgIpc) is 2.49. The molecule has 0 amide bonds. The van der Waals surface area contributed by atoms with Crippen molar-refractivity contribution in [1.82, 2.24) is 5.16 Å². The van der Waals surface area contributed by atoms with E-state index in [-0.39, 0.29) is 12.0 Å². The molecule has 6 heteroatoms. The second kappa shape index (κ2) is 4.52. The van der Waals surface area contributed by atoms with Gasteiger partial charge < -0.3 is 20.1 Å². The minimum absolute atomic E-state index is 0.0931. The van der Waals surface area contributed by atoms with Crippen LogP contribution in [-0.4, -0.2) is 27.9 Å². The lowest BCUT2D eigenvalue weighted by molar-refractivity contribution is -0.138. The highest BCUT2D eigenvalue weighted by Crippen LogP contribution is 2.18. The van der Waals surface area contributed by atoms with Crippen LogP contribution in [0.5, 0.6) is 5.88 Å². The summed E-state index contributed by atoms with van der Waals surface area (Å²) in [5.41, 5.74) is 4.98. The molecule has 0 unspecified atom stereocenters. The molecule has 0 fully saturated rings. The number of rotatable bonds is 4. The van der Waals surface area contributed by atoms with Gasteiger partial charge in [-0.3, -0.25) is 4.79 Å². The summed E-state index contributed by atoms with van der Waals surface area (Å²) in [5, 5.41) is 12.3. The molecule has 0 aliphatic carbocycles. The molecule has 16 heavy (non-hydrogen) atoms. The number of aromatic nitrogens is 1. The topological polar surface area (TPSA) is 98.6 Å². The lowest BCUT2D eigenvalue weighted by atomic mass is 10.2. The van der Waals surface area contributed by atoms with Crippen LogP contribution in [0.15, 0.2) is 10.6 Å². The third-order valence-electron chi connectivity index (χ3n) is 1.69. The van der Waals surface area contributed by atoms with E-state index >= 15 is 0 Å². The van der Waals surface area contributed by atoms with Crippen LogP contribution in [0.1, 0.15) is 26.5 Å². The van der Waals surface area contributed by atoms with Crippen LogP contribution in [0.4, 0.5) is 0 Å². The lowest BCUT2D eigenvalue weighted by Crippen LogP contribution is -2.32. The first kappa shape index (κ1) is 12.5. The standard InChI is InChI=1S/C10H16N2O4/c1-10(2,3)15-8-5-6(16-12-8)4-7(11)9(13)14/h5,7H,4,11H2,1-3H3,(H,13,14)/t7-/m1/s1. The first-order valence-corrected chi connectivity index (χ1v) is 4.91. The molecular weight excluding hydrogens is 212 g/mol. The van der Waals surface area contributed by atoms with Gasteiger partial charge in [0, 0.05) is 12.5 Å². The lowest BCUT2D eigenvalue weighted by Gasteiger charge is -2.18. The van der Waals surface area contributed by atoms with Crippen molar-refractivity contribution in [3.8, 4) is 5.88 Å². The Labute approximate surface area is 93.4 Å². The second-order valence-corrected chi connectivity index (χ2v) is 4.49. The number of carboxylic acid groups (broad SMARTS) is 1. The van der Waals surface area contributed by atoms with Crippen molar-refractivity contribution in [2.24, 2.45) is 5.73 Å². The first-order valence-electron chi connectivity index (χ1n) is 4.91. The average molecular weight is 228 g/mol. The summed E-state index contributed by atoms with van der Waals surface area (Å²) in [7, 11) is 0. The molecule has 6 nitrogen and oxygen atoms in total. The molecule has 0 aromatic carbocycles. The van der Waals surface area contributed by atoms with Gasteiger partial charge in [0.25, 0.3) is 5.88 Å². The van der Waals surface area contributed by atoms with E-state index in [1.54, 1.807) is 6.07 Å². The summed E-state index contributed by atoms with van der Waals surface area (Å²) < 4.78 is 10.3. The maximum atomic E-state index is 10.5. The van der Waals surface area contributed by atoms with Crippen LogP contribution in [0, 0.1) is 0 Å². The van der Waals surface area contributed by atoms with E-state index in [1.165, 1.54) is 0 Å². The van der Waals surface area contributed by atoms with Gasteiger partial charge in [-0.25, -0.2) is 0 Å². The molecule has 1 atom stereocenters. The Kier molecular flexibility index (Phi) is 3.54. The number of hydrogen-bond acceptors (Lipinski definition) is 5. The molecule has 3 N–H and O–H groups in total. The minimum atomic E-state index is -1.07. The number of hydrogen-bond donors (Lipinski definition) is 2. The summed E-state index contributed by atoms with van der Waals surface area (Å²) >= 11 is 0. The Bertz CT molecular complexity index is 367. The van der Waals surface area contributed by atoms with Gasteiger partial charge in [-0.15, -0.1) is 0 Å². The second-order valence-electron chi connectivity index (χ2n) is 4.49. The molecule has 90 valence electrons. The van der Waals surface area contributed by atoms with E-state index < -0.39 is 12.0 Å². The summed E-state index contributed by atoms with van der Waals surface area (Å²) in [4.78, 5) is 10.5. The molecule has 1 heterocycles. The first-order chi connectivity index (χ1) is 7.28. The third-order valence-corrected chi connectivity index (χ3v) is 1.69. The van der Waals surface area contributed by atoms with Gasteiger partial charge in [0.2, 0.25) is 0 Å². The Balaban J connectivity index is 2.62. The molecule has 1 aromatic rings. The van der Waals surface area contributed by atoms with Crippen molar-refractivity contribution < 1.29 is 19.2 Å². The fourth-order valence-electron chi connectivity index (χ4n) is 1.06. The van der Waals surface area contributed by atoms with Crippen LogP contribution < -0.4 is 10.5 Å². The molecule has 1 rings (SSSR count). The van der Waals surface area contributed by atoms with Gasteiger partial charge in [0.05, 0.1) is 0 Å². The largest absolute Gasteiger partial charge is 0.480 e. The Hall–Kier alpha value is -1.56. The van der Waals surface area contributed by atoms with E-state index in [4.69, 9.17) is 20.1 Å². The molecule has 1 aromatic heterocycles. The molecule has 0 saturated heterocycles. The van der Waals surface area contributed by atoms with Gasteiger partial charge in [0.1, 0.15) is 17.4 Å². The van der Waals surface area contributed by atoms with Gasteiger partial charge in [-0.05, 0) is 25.9 Å². The fourth-order valence-corrected chi connectivity index (χ4v) is 1.06. The predicted octanol–water partition coefficient (Wildman–Crippen LogP) is 0.806. The summed E-state index contributed by atoms with van der Waals surface area (Å²) in [6.07, 6.45) is 0.0931. The number of nitrogens with two attached hydrogens (primary N) is 1.